The van der Waals surface area contributed by atoms with Gasteiger partial charge in [-0.3, -0.25) is 0 Å². The van der Waals surface area contributed by atoms with Crippen LogP contribution in [-0.4, -0.2) is 48.3 Å². The van der Waals surface area contributed by atoms with E-state index in [0.717, 1.165) is 30.4 Å². The molecule has 1 fully saturated rings. The van der Waals surface area contributed by atoms with Crippen LogP contribution >= 0.6 is 11.8 Å². The SMILES string of the molecule is CN(C)CCSCC(O)CC1CCCC1. The fourth-order valence-corrected chi connectivity index (χ4v) is 3.23. The number of aliphatic hydroxyl groups excluding tert-OH is 1. The number of thioether (sulfide) groups is 1. The van der Waals surface area contributed by atoms with E-state index in [1.807, 2.05) is 11.8 Å². The van der Waals surface area contributed by atoms with E-state index in [2.05, 4.69) is 19.0 Å². The monoisotopic (exact) mass is 231 g/mol. The fraction of sp³-hybridized carbons (Fsp3) is 1.00. The van der Waals surface area contributed by atoms with E-state index < -0.39 is 0 Å². The average Bonchev–Trinajstić information content (AvgIpc) is 2.64. The number of hydrogen-bond acceptors (Lipinski definition) is 3. The van der Waals surface area contributed by atoms with Gasteiger partial charge in [0.2, 0.25) is 0 Å². The zero-order valence-corrected chi connectivity index (χ0v) is 10.9. The summed E-state index contributed by atoms with van der Waals surface area (Å²) in [5.41, 5.74) is 0. The molecule has 1 aliphatic rings. The summed E-state index contributed by atoms with van der Waals surface area (Å²) in [5.74, 6) is 2.87. The van der Waals surface area contributed by atoms with Crippen LogP contribution in [0.25, 0.3) is 0 Å². The molecule has 0 amide bonds. The molecule has 1 aliphatic carbocycles. The van der Waals surface area contributed by atoms with Gasteiger partial charge < -0.3 is 10.0 Å². The van der Waals surface area contributed by atoms with E-state index >= 15 is 0 Å². The second-order valence-electron chi connectivity index (χ2n) is 4.92. The van der Waals surface area contributed by atoms with Crippen molar-refractivity contribution >= 4 is 11.8 Å². The predicted molar refractivity (Wildman–Crippen MR) is 68.5 cm³/mol. The van der Waals surface area contributed by atoms with Gasteiger partial charge in [0.15, 0.2) is 0 Å². The first-order chi connectivity index (χ1) is 7.18. The Balaban J connectivity index is 1.95. The topological polar surface area (TPSA) is 23.5 Å². The van der Waals surface area contributed by atoms with Gasteiger partial charge in [-0.2, -0.15) is 11.8 Å². The van der Waals surface area contributed by atoms with Gasteiger partial charge in [0.1, 0.15) is 0 Å². The average molecular weight is 231 g/mol. The molecule has 1 N–H and O–H groups in total. The molecule has 0 aromatic heterocycles. The van der Waals surface area contributed by atoms with Crippen LogP contribution in [0.1, 0.15) is 32.1 Å². The van der Waals surface area contributed by atoms with Crippen molar-refractivity contribution < 1.29 is 5.11 Å². The van der Waals surface area contributed by atoms with E-state index in [9.17, 15) is 5.11 Å². The number of aliphatic hydroxyl groups is 1. The van der Waals surface area contributed by atoms with Crippen molar-refractivity contribution in [2.75, 3.05) is 32.1 Å². The molecule has 2 nitrogen and oxygen atoms in total. The summed E-state index contributed by atoms with van der Waals surface area (Å²) in [6.07, 6.45) is 6.42. The molecule has 1 saturated carbocycles. The van der Waals surface area contributed by atoms with Crippen LogP contribution in [0, 0.1) is 5.92 Å². The largest absolute Gasteiger partial charge is 0.392 e. The molecule has 0 heterocycles. The predicted octanol–water partition coefficient (Wildman–Crippen LogP) is 2.22. The molecule has 0 radical (unpaired) electrons. The van der Waals surface area contributed by atoms with Crippen molar-refractivity contribution in [1.82, 2.24) is 4.90 Å². The Bertz CT molecular complexity index is 158. The first kappa shape index (κ1) is 13.3. The molecule has 0 bridgehead atoms. The quantitative estimate of drug-likeness (QED) is 0.680. The standard InChI is InChI=1S/C12H25NOS/c1-13(2)7-8-15-10-12(14)9-11-5-3-4-6-11/h11-12,14H,3-10H2,1-2H3. The van der Waals surface area contributed by atoms with E-state index in [-0.39, 0.29) is 6.10 Å². The Labute approximate surface area is 98.4 Å². The Morgan fingerprint density at radius 2 is 2.00 bits per heavy atom. The molecule has 90 valence electrons. The van der Waals surface area contributed by atoms with Gasteiger partial charge in [0.05, 0.1) is 6.10 Å². The van der Waals surface area contributed by atoms with Crippen LogP contribution < -0.4 is 0 Å². The summed E-state index contributed by atoms with van der Waals surface area (Å²) in [6, 6.07) is 0. The smallest absolute Gasteiger partial charge is 0.0633 e. The van der Waals surface area contributed by atoms with Crippen molar-refractivity contribution in [3.8, 4) is 0 Å². The molecule has 0 aliphatic heterocycles. The van der Waals surface area contributed by atoms with Gasteiger partial charge in [0.25, 0.3) is 0 Å². The number of hydrogen-bond donors (Lipinski definition) is 1. The Morgan fingerprint density at radius 3 is 2.60 bits per heavy atom. The summed E-state index contributed by atoms with van der Waals surface area (Å²) >= 11 is 1.88. The van der Waals surface area contributed by atoms with Gasteiger partial charge in [-0.15, -0.1) is 0 Å². The molecule has 15 heavy (non-hydrogen) atoms. The summed E-state index contributed by atoms with van der Waals surface area (Å²) in [4.78, 5) is 2.19. The Kier molecular flexibility index (Phi) is 6.69. The summed E-state index contributed by atoms with van der Waals surface area (Å²) in [5, 5.41) is 9.84. The molecule has 0 aromatic rings. The molecule has 1 unspecified atom stereocenters. The molecular formula is C12H25NOS. The molecule has 0 saturated heterocycles. The number of rotatable bonds is 7. The maximum absolute atomic E-state index is 9.84. The molecular weight excluding hydrogens is 206 g/mol. The highest BCUT2D eigenvalue weighted by atomic mass is 32.2. The van der Waals surface area contributed by atoms with E-state index in [1.165, 1.54) is 25.7 Å². The highest BCUT2D eigenvalue weighted by Gasteiger charge is 2.18. The minimum Gasteiger partial charge on any atom is -0.392 e. The van der Waals surface area contributed by atoms with Gasteiger partial charge in [0, 0.05) is 18.1 Å². The van der Waals surface area contributed by atoms with Crippen LogP contribution in [0.2, 0.25) is 0 Å². The molecule has 1 atom stereocenters. The third kappa shape index (κ3) is 6.44. The van der Waals surface area contributed by atoms with Gasteiger partial charge in [-0.1, -0.05) is 25.7 Å². The van der Waals surface area contributed by atoms with Crippen LogP contribution in [0.4, 0.5) is 0 Å². The Hall–Kier alpha value is 0.270. The van der Waals surface area contributed by atoms with Gasteiger partial charge in [-0.05, 0) is 26.4 Å². The molecule has 0 aromatic carbocycles. The lowest BCUT2D eigenvalue weighted by Crippen LogP contribution is -2.18. The maximum atomic E-state index is 9.84. The van der Waals surface area contributed by atoms with Crippen LogP contribution in [0.5, 0.6) is 0 Å². The molecule has 0 spiro atoms. The van der Waals surface area contributed by atoms with Crippen molar-refractivity contribution in [2.45, 2.75) is 38.2 Å². The summed E-state index contributed by atoms with van der Waals surface area (Å²) < 4.78 is 0. The van der Waals surface area contributed by atoms with Crippen molar-refractivity contribution in [2.24, 2.45) is 5.92 Å². The molecule has 1 rings (SSSR count). The van der Waals surface area contributed by atoms with Crippen LogP contribution in [-0.2, 0) is 0 Å². The second-order valence-corrected chi connectivity index (χ2v) is 6.07. The third-order valence-corrected chi connectivity index (χ3v) is 4.16. The third-order valence-electron chi connectivity index (χ3n) is 3.07. The first-order valence-electron chi connectivity index (χ1n) is 6.09. The molecule has 3 heteroatoms. The summed E-state index contributed by atoms with van der Waals surface area (Å²) in [7, 11) is 4.19. The zero-order chi connectivity index (χ0) is 11.1. The minimum atomic E-state index is -0.0692. The van der Waals surface area contributed by atoms with Crippen LogP contribution in [0.15, 0.2) is 0 Å². The van der Waals surface area contributed by atoms with E-state index in [0.29, 0.717) is 0 Å². The Morgan fingerprint density at radius 1 is 1.33 bits per heavy atom. The fourth-order valence-electron chi connectivity index (χ4n) is 2.17. The summed E-state index contributed by atoms with van der Waals surface area (Å²) in [6.45, 7) is 1.11. The van der Waals surface area contributed by atoms with E-state index in [4.69, 9.17) is 0 Å². The van der Waals surface area contributed by atoms with Gasteiger partial charge >= 0.3 is 0 Å². The van der Waals surface area contributed by atoms with Crippen LogP contribution in [0.3, 0.4) is 0 Å². The highest BCUT2D eigenvalue weighted by Crippen LogP contribution is 2.29. The first-order valence-corrected chi connectivity index (χ1v) is 7.24. The number of nitrogens with zero attached hydrogens (tertiary/aromatic N) is 1. The lowest BCUT2D eigenvalue weighted by atomic mass is 10.0. The normalized spacial score (nSPS) is 20.0. The zero-order valence-electron chi connectivity index (χ0n) is 10.1. The lowest BCUT2D eigenvalue weighted by Gasteiger charge is -2.15. The van der Waals surface area contributed by atoms with Crippen molar-refractivity contribution in [3.63, 3.8) is 0 Å². The van der Waals surface area contributed by atoms with Crippen molar-refractivity contribution in [1.29, 1.82) is 0 Å². The van der Waals surface area contributed by atoms with Gasteiger partial charge in [-0.25, -0.2) is 0 Å². The highest BCUT2D eigenvalue weighted by molar-refractivity contribution is 7.99. The lowest BCUT2D eigenvalue weighted by molar-refractivity contribution is 0.165. The van der Waals surface area contributed by atoms with Crippen molar-refractivity contribution in [3.05, 3.63) is 0 Å². The minimum absolute atomic E-state index is 0.0692. The maximum Gasteiger partial charge on any atom is 0.0633 e. The second kappa shape index (κ2) is 7.53. The van der Waals surface area contributed by atoms with E-state index in [1.54, 1.807) is 0 Å².